The lowest BCUT2D eigenvalue weighted by atomic mass is 10.3. The van der Waals surface area contributed by atoms with Crippen molar-refractivity contribution in [2.45, 2.75) is 31.3 Å². The van der Waals surface area contributed by atoms with Gasteiger partial charge in [-0.25, -0.2) is 4.79 Å². The standard InChI is InChI=1S/C14H16N2O3/c17-13-8-10(9-16(13)11-6-7-11)15-14(18)19-12-4-2-1-3-5-12/h1-5,10-11H,6-9H2,(H,15,18). The normalized spacial score (nSPS) is 22.4. The predicted octanol–water partition coefficient (Wildman–Crippen LogP) is 1.54. The highest BCUT2D eigenvalue weighted by molar-refractivity contribution is 5.81. The number of rotatable bonds is 3. The number of amides is 2. The average molecular weight is 260 g/mol. The van der Waals surface area contributed by atoms with Gasteiger partial charge in [-0.3, -0.25) is 4.79 Å². The van der Waals surface area contributed by atoms with Gasteiger partial charge in [0.2, 0.25) is 5.91 Å². The Morgan fingerprint density at radius 1 is 1.26 bits per heavy atom. The number of ether oxygens (including phenoxy) is 1. The zero-order valence-corrected chi connectivity index (χ0v) is 10.5. The Morgan fingerprint density at radius 2 is 2.00 bits per heavy atom. The highest BCUT2D eigenvalue weighted by atomic mass is 16.6. The molecule has 1 aliphatic heterocycles. The number of carbonyl (C=O) groups is 2. The van der Waals surface area contributed by atoms with Crippen LogP contribution in [0.5, 0.6) is 5.75 Å². The fraction of sp³-hybridized carbons (Fsp3) is 0.429. The molecule has 1 unspecified atom stereocenters. The first-order valence-electron chi connectivity index (χ1n) is 6.55. The van der Waals surface area contributed by atoms with Gasteiger partial charge in [-0.05, 0) is 25.0 Å². The molecule has 1 aromatic carbocycles. The van der Waals surface area contributed by atoms with Gasteiger partial charge in [0.25, 0.3) is 0 Å². The summed E-state index contributed by atoms with van der Waals surface area (Å²) in [6, 6.07) is 9.17. The van der Waals surface area contributed by atoms with Crippen LogP contribution in [0.1, 0.15) is 19.3 Å². The predicted molar refractivity (Wildman–Crippen MR) is 68.7 cm³/mol. The maximum atomic E-state index is 11.7. The molecule has 1 saturated carbocycles. The number of nitrogens with one attached hydrogen (secondary N) is 1. The third kappa shape index (κ3) is 2.86. The molecule has 3 rings (SSSR count). The van der Waals surface area contributed by atoms with Gasteiger partial charge in [0.15, 0.2) is 0 Å². The Labute approximate surface area is 111 Å². The quantitative estimate of drug-likeness (QED) is 0.896. The van der Waals surface area contributed by atoms with Crippen molar-refractivity contribution < 1.29 is 14.3 Å². The fourth-order valence-electron chi connectivity index (χ4n) is 2.36. The van der Waals surface area contributed by atoms with E-state index in [4.69, 9.17) is 4.74 Å². The number of hydrogen-bond donors (Lipinski definition) is 1. The molecule has 1 N–H and O–H groups in total. The van der Waals surface area contributed by atoms with E-state index < -0.39 is 6.09 Å². The highest BCUT2D eigenvalue weighted by Gasteiger charge is 2.39. The van der Waals surface area contributed by atoms with Gasteiger partial charge >= 0.3 is 6.09 Å². The summed E-state index contributed by atoms with van der Waals surface area (Å²) < 4.78 is 5.14. The van der Waals surface area contributed by atoms with Gasteiger partial charge in [0, 0.05) is 19.0 Å². The van der Waals surface area contributed by atoms with Crippen molar-refractivity contribution in [1.29, 1.82) is 0 Å². The summed E-state index contributed by atoms with van der Waals surface area (Å²) >= 11 is 0. The Bertz CT molecular complexity index is 485. The zero-order chi connectivity index (χ0) is 13.2. The first kappa shape index (κ1) is 12.0. The van der Waals surface area contributed by atoms with Gasteiger partial charge in [-0.1, -0.05) is 18.2 Å². The van der Waals surface area contributed by atoms with Crippen molar-refractivity contribution in [1.82, 2.24) is 10.2 Å². The maximum Gasteiger partial charge on any atom is 0.412 e. The van der Waals surface area contributed by atoms with Gasteiger partial charge < -0.3 is 15.0 Å². The molecule has 2 fully saturated rings. The molecule has 5 nitrogen and oxygen atoms in total. The van der Waals surface area contributed by atoms with E-state index >= 15 is 0 Å². The van der Waals surface area contributed by atoms with E-state index in [0.717, 1.165) is 12.8 Å². The maximum absolute atomic E-state index is 11.7. The van der Waals surface area contributed by atoms with Crippen molar-refractivity contribution in [2.24, 2.45) is 0 Å². The van der Waals surface area contributed by atoms with E-state index in [1.165, 1.54) is 0 Å². The van der Waals surface area contributed by atoms with Crippen LogP contribution < -0.4 is 10.1 Å². The van der Waals surface area contributed by atoms with Crippen LogP contribution in [0.3, 0.4) is 0 Å². The van der Waals surface area contributed by atoms with Gasteiger partial charge in [0.1, 0.15) is 5.75 Å². The molecule has 0 bridgehead atoms. The molecule has 2 aliphatic rings. The summed E-state index contributed by atoms with van der Waals surface area (Å²) in [5, 5.41) is 2.75. The Kier molecular flexibility index (Phi) is 3.11. The third-order valence-corrected chi connectivity index (χ3v) is 3.42. The SMILES string of the molecule is O=C(NC1CC(=O)N(C2CC2)C1)Oc1ccccc1. The van der Waals surface area contributed by atoms with Gasteiger partial charge in [-0.15, -0.1) is 0 Å². The van der Waals surface area contributed by atoms with Gasteiger partial charge in [-0.2, -0.15) is 0 Å². The zero-order valence-electron chi connectivity index (χ0n) is 10.5. The lowest BCUT2D eigenvalue weighted by molar-refractivity contribution is -0.128. The molecule has 19 heavy (non-hydrogen) atoms. The van der Waals surface area contributed by atoms with Gasteiger partial charge in [0.05, 0.1) is 6.04 Å². The van der Waals surface area contributed by atoms with E-state index in [9.17, 15) is 9.59 Å². The molecule has 0 aromatic heterocycles. The number of para-hydroxylation sites is 1. The monoisotopic (exact) mass is 260 g/mol. The summed E-state index contributed by atoms with van der Waals surface area (Å²) in [7, 11) is 0. The minimum atomic E-state index is -0.498. The number of likely N-dealkylation sites (tertiary alicyclic amines) is 1. The molecular formula is C14H16N2O3. The molecule has 5 heteroatoms. The second kappa shape index (κ2) is 4.91. The topological polar surface area (TPSA) is 58.6 Å². The first-order chi connectivity index (χ1) is 9.22. The van der Waals surface area contributed by atoms with E-state index in [1.54, 1.807) is 24.3 Å². The van der Waals surface area contributed by atoms with E-state index in [0.29, 0.717) is 24.8 Å². The number of benzene rings is 1. The first-order valence-corrected chi connectivity index (χ1v) is 6.55. The minimum absolute atomic E-state index is 0.132. The van der Waals surface area contributed by atoms with Crippen molar-refractivity contribution in [3.05, 3.63) is 30.3 Å². The van der Waals surface area contributed by atoms with Crippen molar-refractivity contribution >= 4 is 12.0 Å². The van der Waals surface area contributed by atoms with Crippen LogP contribution in [-0.2, 0) is 4.79 Å². The average Bonchev–Trinajstić information content (AvgIpc) is 3.15. The molecule has 0 spiro atoms. The molecule has 2 amide bonds. The van der Waals surface area contributed by atoms with Crippen LogP contribution in [0, 0.1) is 0 Å². The van der Waals surface area contributed by atoms with Crippen LogP contribution in [0.25, 0.3) is 0 Å². The van der Waals surface area contributed by atoms with Crippen LogP contribution in [0.2, 0.25) is 0 Å². The molecule has 1 saturated heterocycles. The van der Waals surface area contributed by atoms with Crippen molar-refractivity contribution in [3.8, 4) is 5.75 Å². The fourth-order valence-corrected chi connectivity index (χ4v) is 2.36. The summed E-state index contributed by atoms with van der Waals surface area (Å²) in [5.74, 6) is 0.635. The van der Waals surface area contributed by atoms with Crippen molar-refractivity contribution in [2.75, 3.05) is 6.54 Å². The molecule has 1 atom stereocenters. The van der Waals surface area contributed by atoms with Crippen LogP contribution in [0.4, 0.5) is 4.79 Å². The number of hydrogen-bond acceptors (Lipinski definition) is 3. The lowest BCUT2D eigenvalue weighted by Gasteiger charge is -2.16. The number of carbonyl (C=O) groups excluding carboxylic acids is 2. The number of nitrogens with zero attached hydrogens (tertiary/aromatic N) is 1. The Balaban J connectivity index is 1.51. The summed E-state index contributed by atoms with van der Waals surface area (Å²) in [5.41, 5.74) is 0. The molecule has 0 radical (unpaired) electrons. The summed E-state index contributed by atoms with van der Waals surface area (Å²) in [6.45, 7) is 0.605. The Hall–Kier alpha value is -2.04. The van der Waals surface area contributed by atoms with Crippen LogP contribution >= 0.6 is 0 Å². The summed E-state index contributed by atoms with van der Waals surface area (Å²) in [6.07, 6.45) is 2.06. The molecular weight excluding hydrogens is 244 g/mol. The summed E-state index contributed by atoms with van der Waals surface area (Å²) in [4.78, 5) is 25.3. The molecule has 1 aliphatic carbocycles. The second-order valence-corrected chi connectivity index (χ2v) is 5.03. The van der Waals surface area contributed by atoms with Crippen LogP contribution in [0.15, 0.2) is 30.3 Å². The third-order valence-electron chi connectivity index (χ3n) is 3.42. The molecule has 1 aromatic rings. The molecule has 1 heterocycles. The highest BCUT2D eigenvalue weighted by Crippen LogP contribution is 2.30. The minimum Gasteiger partial charge on any atom is -0.410 e. The lowest BCUT2D eigenvalue weighted by Crippen LogP contribution is -2.39. The largest absolute Gasteiger partial charge is 0.412 e. The second-order valence-electron chi connectivity index (χ2n) is 5.03. The van der Waals surface area contributed by atoms with E-state index in [1.807, 2.05) is 11.0 Å². The van der Waals surface area contributed by atoms with E-state index in [2.05, 4.69) is 5.32 Å². The van der Waals surface area contributed by atoms with E-state index in [-0.39, 0.29) is 11.9 Å². The molecule has 100 valence electrons. The Morgan fingerprint density at radius 3 is 2.68 bits per heavy atom. The van der Waals surface area contributed by atoms with Crippen LogP contribution in [-0.4, -0.2) is 35.5 Å². The van der Waals surface area contributed by atoms with Crippen molar-refractivity contribution in [3.63, 3.8) is 0 Å². The smallest absolute Gasteiger partial charge is 0.410 e.